The van der Waals surface area contributed by atoms with E-state index in [9.17, 15) is 14.4 Å². The lowest BCUT2D eigenvalue weighted by Crippen LogP contribution is -2.48. The number of likely N-dealkylation sites (N-methyl/N-ethyl adjacent to an activating group) is 1. The SMILES string of the molecule is CO[C@@H]1CN(C)C(=O)c2ccc(NC(=O)C3CCCC3)cc2OC[C@H](C)N(C(C)=O)C[C@@H]1C. The monoisotopic (exact) mass is 459 g/mol. The molecule has 1 N–H and O–H groups in total. The quantitative estimate of drug-likeness (QED) is 0.750. The Labute approximate surface area is 196 Å². The normalized spacial score (nSPS) is 25.0. The highest BCUT2D eigenvalue weighted by molar-refractivity contribution is 5.98. The van der Waals surface area contributed by atoms with Crippen molar-refractivity contribution in [1.82, 2.24) is 9.80 Å². The Kier molecular flexibility index (Phi) is 8.35. The van der Waals surface area contributed by atoms with Gasteiger partial charge in [-0.1, -0.05) is 19.8 Å². The van der Waals surface area contributed by atoms with E-state index in [4.69, 9.17) is 9.47 Å². The standard InChI is InChI=1S/C25H37N3O5/c1-16-13-28(18(3)29)17(2)15-33-22-12-20(26-24(30)19-8-6-7-9-19)10-11-21(22)25(31)27(4)14-23(16)32-5/h10-12,16-17,19,23H,6-9,13-15H2,1-5H3,(H,26,30)/t16-,17-,23+/m0/s1. The molecule has 182 valence electrons. The van der Waals surface area contributed by atoms with Gasteiger partial charge in [0.1, 0.15) is 12.4 Å². The van der Waals surface area contributed by atoms with Crippen LogP contribution in [-0.2, 0) is 14.3 Å². The van der Waals surface area contributed by atoms with E-state index in [0.29, 0.717) is 30.1 Å². The summed E-state index contributed by atoms with van der Waals surface area (Å²) in [6, 6.07) is 4.96. The van der Waals surface area contributed by atoms with Crippen LogP contribution in [0.1, 0.15) is 56.8 Å². The maximum Gasteiger partial charge on any atom is 0.257 e. The van der Waals surface area contributed by atoms with Gasteiger partial charge in [-0.15, -0.1) is 0 Å². The van der Waals surface area contributed by atoms with E-state index < -0.39 is 0 Å². The van der Waals surface area contributed by atoms with Gasteiger partial charge in [0.05, 0.1) is 17.7 Å². The van der Waals surface area contributed by atoms with Gasteiger partial charge in [-0.25, -0.2) is 0 Å². The first kappa shape index (κ1) is 25.0. The molecule has 0 saturated heterocycles. The van der Waals surface area contributed by atoms with E-state index in [2.05, 4.69) is 5.32 Å². The summed E-state index contributed by atoms with van der Waals surface area (Å²) in [5, 5.41) is 2.98. The summed E-state index contributed by atoms with van der Waals surface area (Å²) >= 11 is 0. The van der Waals surface area contributed by atoms with Crippen molar-refractivity contribution >= 4 is 23.4 Å². The third kappa shape index (κ3) is 6.05. The number of ether oxygens (including phenoxy) is 2. The second kappa shape index (κ2) is 11.0. The number of nitrogens with zero attached hydrogens (tertiary/aromatic N) is 2. The minimum Gasteiger partial charge on any atom is -0.491 e. The predicted octanol–water partition coefficient (Wildman–Crippen LogP) is 3.17. The molecule has 0 spiro atoms. The molecule has 1 heterocycles. The van der Waals surface area contributed by atoms with Crippen molar-refractivity contribution in [3.05, 3.63) is 23.8 Å². The molecule has 0 bridgehead atoms. The smallest absolute Gasteiger partial charge is 0.257 e. The molecule has 0 aromatic heterocycles. The lowest BCUT2D eigenvalue weighted by Gasteiger charge is -2.35. The lowest BCUT2D eigenvalue weighted by atomic mass is 10.0. The van der Waals surface area contributed by atoms with E-state index in [1.54, 1.807) is 49.1 Å². The van der Waals surface area contributed by atoms with Crippen LogP contribution in [0.25, 0.3) is 0 Å². The predicted molar refractivity (Wildman–Crippen MR) is 126 cm³/mol. The summed E-state index contributed by atoms with van der Waals surface area (Å²) in [4.78, 5) is 41.6. The Morgan fingerprint density at radius 1 is 1.15 bits per heavy atom. The van der Waals surface area contributed by atoms with Crippen LogP contribution < -0.4 is 10.1 Å². The molecule has 3 atom stereocenters. The van der Waals surface area contributed by atoms with Crippen LogP contribution in [0, 0.1) is 11.8 Å². The summed E-state index contributed by atoms with van der Waals surface area (Å²) in [5.41, 5.74) is 1.02. The van der Waals surface area contributed by atoms with Gasteiger partial charge >= 0.3 is 0 Å². The van der Waals surface area contributed by atoms with Crippen LogP contribution in [-0.4, -0.2) is 73.5 Å². The van der Waals surface area contributed by atoms with Crippen molar-refractivity contribution in [3.63, 3.8) is 0 Å². The molecular formula is C25H37N3O5. The van der Waals surface area contributed by atoms with E-state index in [1.165, 1.54) is 0 Å². The molecule has 1 aliphatic carbocycles. The average molecular weight is 460 g/mol. The number of carbonyl (C=O) groups is 3. The fraction of sp³-hybridized carbons (Fsp3) is 0.640. The Morgan fingerprint density at radius 3 is 2.48 bits per heavy atom. The van der Waals surface area contributed by atoms with Crippen molar-refractivity contribution in [2.24, 2.45) is 11.8 Å². The van der Waals surface area contributed by atoms with Crippen molar-refractivity contribution in [2.45, 2.75) is 58.6 Å². The summed E-state index contributed by atoms with van der Waals surface area (Å²) < 4.78 is 11.8. The number of rotatable bonds is 3. The maximum atomic E-state index is 13.3. The number of hydrogen-bond acceptors (Lipinski definition) is 5. The van der Waals surface area contributed by atoms with E-state index >= 15 is 0 Å². The van der Waals surface area contributed by atoms with Crippen LogP contribution in [0.15, 0.2) is 18.2 Å². The lowest BCUT2D eigenvalue weighted by molar-refractivity contribution is -0.133. The van der Waals surface area contributed by atoms with Gasteiger partial charge in [-0.05, 0) is 31.9 Å². The summed E-state index contributed by atoms with van der Waals surface area (Å²) in [6.45, 7) is 6.63. The number of fused-ring (bicyclic) bond motifs is 1. The zero-order valence-corrected chi connectivity index (χ0v) is 20.4. The fourth-order valence-corrected chi connectivity index (χ4v) is 4.72. The molecule has 8 heteroatoms. The van der Waals surface area contributed by atoms with Crippen LogP contribution in [0.5, 0.6) is 5.75 Å². The highest BCUT2D eigenvalue weighted by Gasteiger charge is 2.29. The number of anilines is 1. The van der Waals surface area contributed by atoms with Crippen molar-refractivity contribution < 1.29 is 23.9 Å². The first-order valence-corrected chi connectivity index (χ1v) is 11.8. The van der Waals surface area contributed by atoms with Gasteiger partial charge in [0, 0.05) is 57.8 Å². The maximum absolute atomic E-state index is 13.3. The van der Waals surface area contributed by atoms with Gasteiger partial charge in [0.25, 0.3) is 5.91 Å². The highest BCUT2D eigenvalue weighted by atomic mass is 16.5. The second-order valence-electron chi connectivity index (χ2n) is 9.45. The molecule has 1 fully saturated rings. The summed E-state index contributed by atoms with van der Waals surface area (Å²) in [7, 11) is 3.36. The van der Waals surface area contributed by atoms with E-state index in [0.717, 1.165) is 25.7 Å². The van der Waals surface area contributed by atoms with E-state index in [1.807, 2.05) is 13.8 Å². The minimum atomic E-state index is -0.221. The first-order chi connectivity index (χ1) is 15.7. The molecule has 0 unspecified atom stereocenters. The molecular weight excluding hydrogens is 422 g/mol. The number of methoxy groups -OCH3 is 1. The third-order valence-corrected chi connectivity index (χ3v) is 6.84. The molecule has 8 nitrogen and oxygen atoms in total. The largest absolute Gasteiger partial charge is 0.491 e. The Morgan fingerprint density at radius 2 is 1.85 bits per heavy atom. The average Bonchev–Trinajstić information content (AvgIpc) is 3.33. The minimum absolute atomic E-state index is 0.0112. The van der Waals surface area contributed by atoms with E-state index in [-0.39, 0.29) is 48.3 Å². The first-order valence-electron chi connectivity index (χ1n) is 11.8. The second-order valence-corrected chi connectivity index (χ2v) is 9.45. The number of amides is 3. The Bertz CT molecular complexity index is 868. The van der Waals surface area contributed by atoms with Gasteiger partial charge < -0.3 is 24.6 Å². The summed E-state index contributed by atoms with van der Waals surface area (Å²) in [5.74, 6) is 0.267. The van der Waals surface area contributed by atoms with Gasteiger partial charge in [0.15, 0.2) is 0 Å². The molecule has 1 saturated carbocycles. The number of nitrogens with one attached hydrogen (secondary N) is 1. The molecule has 33 heavy (non-hydrogen) atoms. The molecule has 1 aromatic carbocycles. The number of hydrogen-bond donors (Lipinski definition) is 1. The Hall–Kier alpha value is -2.61. The van der Waals surface area contributed by atoms with Crippen molar-refractivity contribution in [3.8, 4) is 5.75 Å². The van der Waals surface area contributed by atoms with Crippen LogP contribution in [0.3, 0.4) is 0 Å². The molecule has 3 rings (SSSR count). The fourth-order valence-electron chi connectivity index (χ4n) is 4.72. The Balaban J connectivity index is 1.90. The topological polar surface area (TPSA) is 88.2 Å². The van der Waals surface area contributed by atoms with Crippen molar-refractivity contribution in [1.29, 1.82) is 0 Å². The molecule has 3 amide bonds. The van der Waals surface area contributed by atoms with Gasteiger partial charge in [-0.2, -0.15) is 0 Å². The third-order valence-electron chi connectivity index (χ3n) is 6.84. The highest BCUT2D eigenvalue weighted by Crippen LogP contribution is 2.29. The number of carbonyl (C=O) groups excluding carboxylic acids is 3. The number of benzene rings is 1. The zero-order chi connectivity index (χ0) is 24.1. The van der Waals surface area contributed by atoms with Crippen LogP contribution >= 0.6 is 0 Å². The molecule has 1 aromatic rings. The molecule has 0 radical (unpaired) electrons. The molecule has 2 aliphatic rings. The van der Waals surface area contributed by atoms with Crippen molar-refractivity contribution in [2.75, 3.05) is 39.2 Å². The van der Waals surface area contributed by atoms with Crippen LogP contribution in [0.4, 0.5) is 5.69 Å². The molecule has 1 aliphatic heterocycles. The van der Waals surface area contributed by atoms with Crippen LogP contribution in [0.2, 0.25) is 0 Å². The van der Waals surface area contributed by atoms with Gasteiger partial charge in [-0.3, -0.25) is 14.4 Å². The summed E-state index contributed by atoms with van der Waals surface area (Å²) in [6.07, 6.45) is 3.76. The van der Waals surface area contributed by atoms with Gasteiger partial charge in [0.2, 0.25) is 11.8 Å². The zero-order valence-electron chi connectivity index (χ0n) is 20.4.